The van der Waals surface area contributed by atoms with Crippen LogP contribution in [0.5, 0.6) is 0 Å². The molecule has 0 aliphatic heterocycles. The summed E-state index contributed by atoms with van der Waals surface area (Å²) < 4.78 is 5.20. The van der Waals surface area contributed by atoms with Gasteiger partial charge in [-0.3, -0.25) is 9.59 Å². The first kappa shape index (κ1) is 15.2. The van der Waals surface area contributed by atoms with E-state index in [1.807, 2.05) is 6.07 Å². The number of hydrogen-bond acceptors (Lipinski definition) is 3. The first-order valence-electron chi connectivity index (χ1n) is 5.98. The van der Waals surface area contributed by atoms with Crippen LogP contribution in [-0.2, 0) is 14.3 Å². The molecule has 0 heterocycles. The molecule has 1 N–H and O–H groups in total. The molecular formula is C14H19NO4. The maximum Gasteiger partial charge on any atom is 0.323 e. The molecule has 0 bridgehead atoms. The van der Waals surface area contributed by atoms with Crippen LogP contribution < -0.4 is 4.90 Å². The Morgan fingerprint density at radius 1 is 1.26 bits per heavy atom. The monoisotopic (exact) mass is 265 g/mol. The lowest BCUT2D eigenvalue weighted by Gasteiger charge is -2.27. The SMILES string of the molecule is COC(C)(C)CC(=O)N(CC(=O)O)c1ccccc1. The van der Waals surface area contributed by atoms with Crippen molar-refractivity contribution in [1.29, 1.82) is 0 Å². The second kappa shape index (κ2) is 6.33. The molecule has 0 aliphatic carbocycles. The van der Waals surface area contributed by atoms with Crippen LogP contribution in [0.1, 0.15) is 20.3 Å². The highest BCUT2D eigenvalue weighted by molar-refractivity contribution is 5.97. The molecular weight excluding hydrogens is 246 g/mol. The van der Waals surface area contributed by atoms with Crippen LogP contribution in [0.15, 0.2) is 30.3 Å². The molecule has 0 spiro atoms. The van der Waals surface area contributed by atoms with Gasteiger partial charge in [0.15, 0.2) is 0 Å². The van der Waals surface area contributed by atoms with E-state index in [4.69, 9.17) is 9.84 Å². The first-order valence-corrected chi connectivity index (χ1v) is 5.98. The maximum absolute atomic E-state index is 12.2. The fourth-order valence-electron chi connectivity index (χ4n) is 1.60. The third-order valence-corrected chi connectivity index (χ3v) is 2.79. The van der Waals surface area contributed by atoms with Crippen LogP contribution >= 0.6 is 0 Å². The number of nitrogens with zero attached hydrogens (tertiary/aromatic N) is 1. The zero-order valence-electron chi connectivity index (χ0n) is 11.4. The highest BCUT2D eigenvalue weighted by Gasteiger charge is 2.26. The number of amides is 1. The van der Waals surface area contributed by atoms with Crippen LogP contribution in [0.25, 0.3) is 0 Å². The normalized spacial score (nSPS) is 11.1. The van der Waals surface area contributed by atoms with Crippen molar-refractivity contribution in [2.45, 2.75) is 25.9 Å². The van der Waals surface area contributed by atoms with E-state index in [0.717, 1.165) is 0 Å². The van der Waals surface area contributed by atoms with Gasteiger partial charge in [-0.1, -0.05) is 18.2 Å². The highest BCUT2D eigenvalue weighted by atomic mass is 16.5. The Kier molecular flexibility index (Phi) is 5.06. The summed E-state index contributed by atoms with van der Waals surface area (Å²) in [7, 11) is 1.53. The van der Waals surface area contributed by atoms with Gasteiger partial charge in [0.05, 0.1) is 12.0 Å². The molecule has 0 aliphatic rings. The average Bonchev–Trinajstić information content (AvgIpc) is 2.36. The summed E-state index contributed by atoms with van der Waals surface area (Å²) in [5.74, 6) is -1.33. The van der Waals surface area contributed by atoms with E-state index in [-0.39, 0.29) is 18.9 Å². The number of hydrogen-bond donors (Lipinski definition) is 1. The minimum Gasteiger partial charge on any atom is -0.480 e. The van der Waals surface area contributed by atoms with Gasteiger partial charge in [-0.15, -0.1) is 0 Å². The fourth-order valence-corrected chi connectivity index (χ4v) is 1.60. The molecule has 0 unspecified atom stereocenters. The summed E-state index contributed by atoms with van der Waals surface area (Å²) in [6, 6.07) is 8.76. The summed E-state index contributed by atoms with van der Waals surface area (Å²) in [4.78, 5) is 24.4. The van der Waals surface area contributed by atoms with Gasteiger partial charge in [-0.25, -0.2) is 0 Å². The Morgan fingerprint density at radius 3 is 2.32 bits per heavy atom. The summed E-state index contributed by atoms with van der Waals surface area (Å²) >= 11 is 0. The van der Waals surface area contributed by atoms with Crippen molar-refractivity contribution in [3.8, 4) is 0 Å². The number of rotatable bonds is 6. The van der Waals surface area contributed by atoms with Crippen molar-refractivity contribution < 1.29 is 19.4 Å². The number of methoxy groups -OCH3 is 1. The minimum absolute atomic E-state index is 0.117. The van der Waals surface area contributed by atoms with Crippen molar-refractivity contribution in [2.75, 3.05) is 18.6 Å². The summed E-state index contributed by atoms with van der Waals surface area (Å²) in [6.07, 6.45) is 0.117. The minimum atomic E-state index is -1.05. The largest absolute Gasteiger partial charge is 0.480 e. The molecule has 19 heavy (non-hydrogen) atoms. The first-order chi connectivity index (χ1) is 8.85. The van der Waals surface area contributed by atoms with Gasteiger partial charge in [0, 0.05) is 12.8 Å². The smallest absolute Gasteiger partial charge is 0.323 e. The number of carboxylic acids is 1. The highest BCUT2D eigenvalue weighted by Crippen LogP contribution is 2.19. The molecule has 5 heteroatoms. The van der Waals surface area contributed by atoms with Crippen LogP contribution in [0, 0.1) is 0 Å². The summed E-state index contributed by atoms with van der Waals surface area (Å²) in [5, 5.41) is 8.92. The quantitative estimate of drug-likeness (QED) is 0.853. The van der Waals surface area contributed by atoms with Gasteiger partial charge in [0.2, 0.25) is 5.91 Å². The van der Waals surface area contributed by atoms with Crippen molar-refractivity contribution in [1.82, 2.24) is 0 Å². The number of anilines is 1. The molecule has 0 aromatic heterocycles. The lowest BCUT2D eigenvalue weighted by Crippen LogP contribution is -2.40. The number of carboxylic acid groups (broad SMARTS) is 1. The van der Waals surface area contributed by atoms with Crippen LogP contribution in [0.4, 0.5) is 5.69 Å². The third kappa shape index (κ3) is 4.71. The van der Waals surface area contributed by atoms with Crippen molar-refractivity contribution in [3.05, 3.63) is 30.3 Å². The Morgan fingerprint density at radius 2 is 1.84 bits per heavy atom. The Labute approximate surface area is 112 Å². The van der Waals surface area contributed by atoms with E-state index in [1.165, 1.54) is 12.0 Å². The molecule has 0 radical (unpaired) electrons. The van der Waals surface area contributed by atoms with Gasteiger partial charge >= 0.3 is 5.97 Å². The summed E-state index contributed by atoms with van der Waals surface area (Å²) in [5.41, 5.74) is -0.0513. The van der Waals surface area contributed by atoms with Gasteiger partial charge in [0.25, 0.3) is 0 Å². The van der Waals surface area contributed by atoms with Gasteiger partial charge < -0.3 is 14.7 Å². The number of para-hydroxylation sites is 1. The zero-order valence-corrected chi connectivity index (χ0v) is 11.4. The van der Waals surface area contributed by atoms with Gasteiger partial charge in [-0.2, -0.15) is 0 Å². The van der Waals surface area contributed by atoms with Gasteiger partial charge in [-0.05, 0) is 26.0 Å². The number of benzene rings is 1. The molecule has 0 saturated carbocycles. The lowest BCUT2D eigenvalue weighted by atomic mass is 10.0. The van der Waals surface area contributed by atoms with E-state index in [2.05, 4.69) is 0 Å². The Balaban J connectivity index is 2.92. The Hall–Kier alpha value is -1.88. The standard InChI is InChI=1S/C14H19NO4/c1-14(2,19-3)9-12(16)15(10-13(17)18)11-7-5-4-6-8-11/h4-8H,9-10H2,1-3H3,(H,17,18). The molecule has 104 valence electrons. The van der Waals surface area contributed by atoms with Crippen molar-refractivity contribution in [3.63, 3.8) is 0 Å². The predicted octanol–water partition coefficient (Wildman–Crippen LogP) is 1.92. The van der Waals surface area contributed by atoms with E-state index < -0.39 is 11.6 Å². The molecule has 0 atom stereocenters. The average molecular weight is 265 g/mol. The number of ether oxygens (including phenoxy) is 1. The molecule has 1 aromatic carbocycles. The van der Waals surface area contributed by atoms with Gasteiger partial charge in [0.1, 0.15) is 6.54 Å². The van der Waals surface area contributed by atoms with Crippen molar-refractivity contribution >= 4 is 17.6 Å². The molecule has 1 aromatic rings. The van der Waals surface area contributed by atoms with E-state index >= 15 is 0 Å². The number of carbonyl (C=O) groups excluding carboxylic acids is 1. The molecule has 0 saturated heterocycles. The predicted molar refractivity (Wildman–Crippen MR) is 72.1 cm³/mol. The van der Waals surface area contributed by atoms with Crippen LogP contribution in [-0.4, -0.2) is 36.2 Å². The lowest BCUT2D eigenvalue weighted by molar-refractivity contribution is -0.137. The second-order valence-electron chi connectivity index (χ2n) is 4.85. The molecule has 1 amide bonds. The zero-order chi connectivity index (χ0) is 14.5. The molecule has 5 nitrogen and oxygen atoms in total. The third-order valence-electron chi connectivity index (χ3n) is 2.79. The van der Waals surface area contributed by atoms with Crippen LogP contribution in [0.2, 0.25) is 0 Å². The maximum atomic E-state index is 12.2. The van der Waals surface area contributed by atoms with Crippen molar-refractivity contribution in [2.24, 2.45) is 0 Å². The second-order valence-corrected chi connectivity index (χ2v) is 4.85. The van der Waals surface area contributed by atoms with E-state index in [9.17, 15) is 9.59 Å². The topological polar surface area (TPSA) is 66.8 Å². The number of aliphatic carboxylic acids is 1. The van der Waals surface area contributed by atoms with E-state index in [0.29, 0.717) is 5.69 Å². The molecule has 0 fully saturated rings. The number of carbonyl (C=O) groups is 2. The summed E-state index contributed by atoms with van der Waals surface area (Å²) in [6.45, 7) is 3.21. The molecule has 1 rings (SSSR count). The Bertz CT molecular complexity index is 442. The fraction of sp³-hybridized carbons (Fsp3) is 0.429. The van der Waals surface area contributed by atoms with Crippen LogP contribution in [0.3, 0.4) is 0 Å². The van der Waals surface area contributed by atoms with E-state index in [1.54, 1.807) is 38.1 Å².